The van der Waals surface area contributed by atoms with E-state index in [1.54, 1.807) is 18.2 Å². The highest BCUT2D eigenvalue weighted by molar-refractivity contribution is 6.76. The summed E-state index contributed by atoms with van der Waals surface area (Å²) >= 11 is 16.4. The third kappa shape index (κ3) is 3.00. The van der Waals surface area contributed by atoms with Crippen molar-refractivity contribution in [2.45, 2.75) is 3.79 Å². The maximum Gasteiger partial charge on any atom is 0.340 e. The number of amides is 1. The van der Waals surface area contributed by atoms with Crippen molar-refractivity contribution in [3.63, 3.8) is 0 Å². The highest BCUT2D eigenvalue weighted by Gasteiger charge is 2.30. The summed E-state index contributed by atoms with van der Waals surface area (Å²) < 4.78 is 2.61. The zero-order valence-electron chi connectivity index (χ0n) is 10.2. The third-order valence-electron chi connectivity index (χ3n) is 2.60. The molecule has 0 unspecified atom stereocenters. The summed E-state index contributed by atoms with van der Waals surface area (Å²) in [6, 6.07) is 4.90. The maximum atomic E-state index is 11.6. The fourth-order valence-corrected chi connectivity index (χ4v) is 1.82. The fourth-order valence-electron chi connectivity index (χ4n) is 1.68. The lowest BCUT2D eigenvalue weighted by Crippen LogP contribution is -2.26. The van der Waals surface area contributed by atoms with Crippen LogP contribution in [0.5, 0.6) is 0 Å². The minimum atomic E-state index is -2.06. The predicted octanol–water partition coefficient (Wildman–Crippen LogP) is 3.26. The number of H-pyrrole nitrogens is 1. The summed E-state index contributed by atoms with van der Waals surface area (Å²) in [5.74, 6) is -1.27. The Kier molecular flexibility index (Phi) is 4.13. The average Bonchev–Trinajstić information content (AvgIpc) is 2.79. The number of methoxy groups -OCH3 is 1. The smallest absolute Gasteiger partial charge is 0.340 e. The van der Waals surface area contributed by atoms with E-state index in [-0.39, 0.29) is 0 Å². The Morgan fingerprint density at radius 2 is 2.00 bits per heavy atom. The van der Waals surface area contributed by atoms with Crippen LogP contribution in [0.15, 0.2) is 24.4 Å². The number of carbonyl (C=O) groups is 2. The molecule has 2 rings (SSSR count). The Bertz CT molecular complexity index is 676. The molecule has 0 aliphatic heterocycles. The number of ether oxygens (including phenoxy) is 1. The number of anilines is 1. The van der Waals surface area contributed by atoms with Gasteiger partial charge in [0.25, 0.3) is 9.70 Å². The number of alkyl halides is 3. The van der Waals surface area contributed by atoms with Gasteiger partial charge in [0.2, 0.25) is 0 Å². The van der Waals surface area contributed by atoms with Crippen LogP contribution in [0.1, 0.15) is 10.4 Å². The number of fused-ring (bicyclic) bond motifs is 1. The van der Waals surface area contributed by atoms with Gasteiger partial charge < -0.3 is 15.0 Å². The van der Waals surface area contributed by atoms with Gasteiger partial charge in [-0.3, -0.25) is 4.79 Å². The molecule has 2 aromatic rings. The van der Waals surface area contributed by atoms with Gasteiger partial charge in [0.1, 0.15) is 0 Å². The lowest BCUT2D eigenvalue weighted by molar-refractivity contribution is -0.115. The van der Waals surface area contributed by atoms with E-state index < -0.39 is 15.7 Å². The SMILES string of the molecule is COC(=O)c1c[nH]c2ccc(NC(=O)C(Cl)(Cl)Cl)cc12. The highest BCUT2D eigenvalue weighted by atomic mass is 35.6. The molecule has 0 bridgehead atoms. The zero-order valence-corrected chi connectivity index (χ0v) is 12.4. The molecular weight excluding hydrogens is 327 g/mol. The third-order valence-corrected chi connectivity index (χ3v) is 3.12. The van der Waals surface area contributed by atoms with E-state index in [1.807, 2.05) is 0 Å². The first-order valence-corrected chi connectivity index (χ1v) is 6.54. The van der Waals surface area contributed by atoms with E-state index >= 15 is 0 Å². The van der Waals surface area contributed by atoms with Crippen LogP contribution in [0.2, 0.25) is 0 Å². The normalized spacial score (nSPS) is 11.4. The number of rotatable bonds is 2. The number of esters is 1. The van der Waals surface area contributed by atoms with Gasteiger partial charge in [0, 0.05) is 22.8 Å². The van der Waals surface area contributed by atoms with Crippen LogP contribution in [-0.4, -0.2) is 27.8 Å². The first-order chi connectivity index (χ1) is 9.32. The molecule has 106 valence electrons. The Balaban J connectivity index is 2.37. The van der Waals surface area contributed by atoms with Gasteiger partial charge in [-0.2, -0.15) is 0 Å². The van der Waals surface area contributed by atoms with E-state index in [4.69, 9.17) is 34.8 Å². The summed E-state index contributed by atoms with van der Waals surface area (Å²) in [7, 11) is 1.29. The van der Waals surface area contributed by atoms with Crippen LogP contribution in [-0.2, 0) is 9.53 Å². The molecule has 2 N–H and O–H groups in total. The van der Waals surface area contributed by atoms with Crippen molar-refractivity contribution in [2.24, 2.45) is 0 Å². The largest absolute Gasteiger partial charge is 0.465 e. The van der Waals surface area contributed by atoms with E-state index in [0.717, 1.165) is 5.52 Å². The van der Waals surface area contributed by atoms with Crippen molar-refractivity contribution in [1.82, 2.24) is 4.98 Å². The monoisotopic (exact) mass is 334 g/mol. The second kappa shape index (κ2) is 5.52. The molecule has 0 saturated heterocycles. The van der Waals surface area contributed by atoms with Crippen LogP contribution in [0.25, 0.3) is 10.9 Å². The molecule has 0 fully saturated rings. The molecule has 0 atom stereocenters. The van der Waals surface area contributed by atoms with E-state index in [2.05, 4.69) is 15.0 Å². The topological polar surface area (TPSA) is 71.2 Å². The van der Waals surface area contributed by atoms with Crippen LogP contribution in [0.4, 0.5) is 5.69 Å². The van der Waals surface area contributed by atoms with Crippen molar-refractivity contribution < 1.29 is 14.3 Å². The minimum absolute atomic E-state index is 0.354. The van der Waals surface area contributed by atoms with E-state index in [0.29, 0.717) is 16.6 Å². The molecule has 20 heavy (non-hydrogen) atoms. The first-order valence-electron chi connectivity index (χ1n) is 5.40. The second-order valence-electron chi connectivity index (χ2n) is 3.91. The van der Waals surface area contributed by atoms with Crippen LogP contribution < -0.4 is 5.32 Å². The summed E-state index contributed by atoms with van der Waals surface area (Å²) in [6.07, 6.45) is 1.52. The predicted molar refractivity (Wildman–Crippen MR) is 78.6 cm³/mol. The molecule has 0 radical (unpaired) electrons. The summed E-state index contributed by atoms with van der Waals surface area (Å²) in [5, 5.41) is 3.04. The highest BCUT2D eigenvalue weighted by Crippen LogP contribution is 2.29. The minimum Gasteiger partial charge on any atom is -0.465 e. The average molecular weight is 336 g/mol. The number of halogens is 3. The van der Waals surface area contributed by atoms with Crippen molar-refractivity contribution in [1.29, 1.82) is 0 Å². The maximum absolute atomic E-state index is 11.6. The van der Waals surface area contributed by atoms with Gasteiger partial charge in [0.15, 0.2) is 0 Å². The van der Waals surface area contributed by atoms with Gasteiger partial charge in [0.05, 0.1) is 12.7 Å². The summed E-state index contributed by atoms with van der Waals surface area (Å²) in [4.78, 5) is 26.1. The molecule has 0 aliphatic rings. The van der Waals surface area contributed by atoms with Gasteiger partial charge in [-0.25, -0.2) is 4.79 Å². The van der Waals surface area contributed by atoms with Gasteiger partial charge in [-0.1, -0.05) is 34.8 Å². The number of hydrogen-bond donors (Lipinski definition) is 2. The van der Waals surface area contributed by atoms with Gasteiger partial charge in [-0.15, -0.1) is 0 Å². The van der Waals surface area contributed by atoms with Gasteiger partial charge >= 0.3 is 5.97 Å². The number of hydrogen-bond acceptors (Lipinski definition) is 3. The molecule has 0 spiro atoms. The summed E-state index contributed by atoms with van der Waals surface area (Å²) in [6.45, 7) is 0. The quantitative estimate of drug-likeness (QED) is 0.653. The number of carbonyl (C=O) groups excluding carboxylic acids is 2. The number of aromatic amines is 1. The second-order valence-corrected chi connectivity index (χ2v) is 6.19. The lowest BCUT2D eigenvalue weighted by Gasteiger charge is -2.11. The fraction of sp³-hybridized carbons (Fsp3) is 0.167. The Morgan fingerprint density at radius 1 is 1.30 bits per heavy atom. The summed E-state index contributed by atoms with van der Waals surface area (Å²) in [5.41, 5.74) is 1.48. The van der Waals surface area contributed by atoms with Gasteiger partial charge in [-0.05, 0) is 18.2 Å². The number of nitrogens with one attached hydrogen (secondary N) is 2. The molecule has 1 heterocycles. The molecule has 5 nitrogen and oxygen atoms in total. The molecular formula is C12H9Cl3N2O3. The molecule has 1 aromatic heterocycles. The Hall–Kier alpha value is -1.43. The number of benzene rings is 1. The number of aromatic nitrogens is 1. The van der Waals surface area contributed by atoms with Crippen LogP contribution in [0, 0.1) is 0 Å². The molecule has 8 heteroatoms. The molecule has 1 aromatic carbocycles. The molecule has 0 saturated carbocycles. The lowest BCUT2D eigenvalue weighted by atomic mass is 10.1. The van der Waals surface area contributed by atoms with E-state index in [9.17, 15) is 9.59 Å². The van der Waals surface area contributed by atoms with Crippen LogP contribution >= 0.6 is 34.8 Å². The zero-order chi connectivity index (χ0) is 14.9. The standard InChI is InChI=1S/C12H9Cl3N2O3/c1-20-10(18)8-5-16-9-3-2-6(4-7(8)9)17-11(19)12(13,14)15/h2-5,16H,1H3,(H,17,19). The first kappa shape index (κ1) is 15.0. The Morgan fingerprint density at radius 3 is 2.60 bits per heavy atom. The van der Waals surface area contributed by atoms with Crippen LogP contribution in [0.3, 0.4) is 0 Å². The van der Waals surface area contributed by atoms with Crippen molar-refractivity contribution in [3.8, 4) is 0 Å². The van der Waals surface area contributed by atoms with Crippen molar-refractivity contribution in [2.75, 3.05) is 12.4 Å². The van der Waals surface area contributed by atoms with E-state index in [1.165, 1.54) is 13.3 Å². The Labute approximate surface area is 129 Å². The van der Waals surface area contributed by atoms with Crippen molar-refractivity contribution in [3.05, 3.63) is 30.0 Å². The molecule has 0 aliphatic carbocycles. The van der Waals surface area contributed by atoms with Crippen molar-refractivity contribution >= 4 is 63.3 Å². The molecule has 1 amide bonds.